The van der Waals surface area contributed by atoms with Crippen molar-refractivity contribution in [3.05, 3.63) is 0 Å². The Bertz CT molecular complexity index is 233. The molecule has 3 unspecified atom stereocenters. The quantitative estimate of drug-likeness (QED) is 0.779. The Balaban J connectivity index is 1.56. The summed E-state index contributed by atoms with van der Waals surface area (Å²) in [6, 6.07) is 1.43. The van der Waals surface area contributed by atoms with Crippen LogP contribution in [-0.4, -0.2) is 60.8 Å². The van der Waals surface area contributed by atoms with Gasteiger partial charge in [0.05, 0.1) is 12.7 Å². The van der Waals surface area contributed by atoms with Crippen LogP contribution in [0.4, 0.5) is 0 Å². The number of hydrogen-bond donors (Lipinski definition) is 1. The van der Waals surface area contributed by atoms with E-state index >= 15 is 0 Å². The fourth-order valence-electron chi connectivity index (χ4n) is 3.25. The van der Waals surface area contributed by atoms with Crippen LogP contribution in [0.25, 0.3) is 0 Å². The SMILES string of the molecule is C1CC2OCCN(CC3CSCCN3)C2C1. The van der Waals surface area contributed by atoms with E-state index in [-0.39, 0.29) is 0 Å². The van der Waals surface area contributed by atoms with Crippen LogP contribution < -0.4 is 5.32 Å². The van der Waals surface area contributed by atoms with Gasteiger partial charge in [0, 0.05) is 43.2 Å². The summed E-state index contributed by atoms with van der Waals surface area (Å²) in [7, 11) is 0. The topological polar surface area (TPSA) is 24.5 Å². The molecule has 0 aromatic carbocycles. The van der Waals surface area contributed by atoms with E-state index in [1.54, 1.807) is 0 Å². The highest BCUT2D eigenvalue weighted by Gasteiger charge is 2.36. The van der Waals surface area contributed by atoms with E-state index in [0.29, 0.717) is 12.1 Å². The highest BCUT2D eigenvalue weighted by atomic mass is 32.2. The lowest BCUT2D eigenvalue weighted by Gasteiger charge is -2.40. The monoisotopic (exact) mass is 242 g/mol. The lowest BCUT2D eigenvalue weighted by atomic mass is 10.1. The van der Waals surface area contributed by atoms with Crippen molar-refractivity contribution in [2.45, 2.75) is 37.5 Å². The Morgan fingerprint density at radius 2 is 2.38 bits per heavy atom. The first-order valence-electron chi connectivity index (χ1n) is 6.60. The van der Waals surface area contributed by atoms with Gasteiger partial charge in [-0.15, -0.1) is 0 Å². The molecule has 0 aromatic rings. The largest absolute Gasteiger partial charge is 0.375 e. The first-order chi connectivity index (χ1) is 7.93. The average Bonchev–Trinajstić information content (AvgIpc) is 2.80. The maximum Gasteiger partial charge on any atom is 0.0730 e. The summed E-state index contributed by atoms with van der Waals surface area (Å²) in [5.41, 5.74) is 0. The van der Waals surface area contributed by atoms with Crippen LogP contribution in [0.3, 0.4) is 0 Å². The maximum absolute atomic E-state index is 5.85. The van der Waals surface area contributed by atoms with Crippen molar-refractivity contribution in [2.24, 2.45) is 0 Å². The van der Waals surface area contributed by atoms with E-state index in [0.717, 1.165) is 19.2 Å². The van der Waals surface area contributed by atoms with E-state index in [9.17, 15) is 0 Å². The van der Waals surface area contributed by atoms with Crippen LogP contribution in [0.2, 0.25) is 0 Å². The van der Waals surface area contributed by atoms with Gasteiger partial charge in [-0.1, -0.05) is 0 Å². The van der Waals surface area contributed by atoms with Gasteiger partial charge in [-0.3, -0.25) is 4.90 Å². The summed E-state index contributed by atoms with van der Waals surface area (Å²) in [4.78, 5) is 2.69. The predicted molar refractivity (Wildman–Crippen MR) is 68.1 cm³/mol. The van der Waals surface area contributed by atoms with E-state index in [4.69, 9.17) is 4.74 Å². The van der Waals surface area contributed by atoms with Crippen molar-refractivity contribution >= 4 is 11.8 Å². The highest BCUT2D eigenvalue weighted by Crippen LogP contribution is 2.29. The third-order valence-electron chi connectivity index (χ3n) is 4.05. The number of rotatable bonds is 2. The zero-order valence-corrected chi connectivity index (χ0v) is 10.7. The molecule has 2 heterocycles. The van der Waals surface area contributed by atoms with Gasteiger partial charge in [-0.2, -0.15) is 11.8 Å². The Labute approximate surface area is 102 Å². The Morgan fingerprint density at radius 3 is 3.25 bits per heavy atom. The third-order valence-corrected chi connectivity index (χ3v) is 5.18. The lowest BCUT2D eigenvalue weighted by Crippen LogP contribution is -2.54. The zero-order chi connectivity index (χ0) is 10.8. The lowest BCUT2D eigenvalue weighted by molar-refractivity contribution is -0.0574. The molecule has 3 atom stereocenters. The fraction of sp³-hybridized carbons (Fsp3) is 1.00. The number of nitrogens with one attached hydrogen (secondary N) is 1. The molecule has 2 saturated heterocycles. The first-order valence-corrected chi connectivity index (χ1v) is 7.76. The molecule has 1 saturated carbocycles. The molecule has 3 rings (SSSR count). The van der Waals surface area contributed by atoms with Crippen molar-refractivity contribution in [3.8, 4) is 0 Å². The molecule has 3 nitrogen and oxygen atoms in total. The molecule has 0 radical (unpaired) electrons. The number of fused-ring (bicyclic) bond motifs is 1. The van der Waals surface area contributed by atoms with Crippen molar-refractivity contribution in [3.63, 3.8) is 0 Å². The predicted octanol–water partition coefficient (Wildman–Crippen LogP) is 0.945. The van der Waals surface area contributed by atoms with Crippen molar-refractivity contribution in [1.82, 2.24) is 10.2 Å². The molecule has 2 aliphatic heterocycles. The van der Waals surface area contributed by atoms with Gasteiger partial charge in [0.25, 0.3) is 0 Å². The van der Waals surface area contributed by atoms with Crippen LogP contribution in [0, 0.1) is 0 Å². The molecular formula is C12H22N2OS. The summed E-state index contributed by atoms with van der Waals surface area (Å²) >= 11 is 2.10. The highest BCUT2D eigenvalue weighted by molar-refractivity contribution is 7.99. The number of thioether (sulfide) groups is 1. The Hall–Kier alpha value is 0.230. The molecule has 1 aliphatic carbocycles. The third kappa shape index (κ3) is 2.40. The molecule has 3 aliphatic rings. The summed E-state index contributed by atoms with van der Waals surface area (Å²) < 4.78 is 5.85. The minimum Gasteiger partial charge on any atom is -0.375 e. The van der Waals surface area contributed by atoms with Crippen molar-refractivity contribution in [1.29, 1.82) is 0 Å². The molecule has 1 N–H and O–H groups in total. The molecule has 3 fully saturated rings. The summed E-state index contributed by atoms with van der Waals surface area (Å²) in [5, 5.41) is 3.64. The number of nitrogens with zero attached hydrogens (tertiary/aromatic N) is 1. The minimum atomic E-state index is 0.546. The van der Waals surface area contributed by atoms with Crippen LogP contribution in [0.15, 0.2) is 0 Å². The van der Waals surface area contributed by atoms with Crippen LogP contribution in [0.1, 0.15) is 19.3 Å². The summed E-state index contributed by atoms with van der Waals surface area (Å²) in [5.74, 6) is 2.57. The van der Waals surface area contributed by atoms with Crippen LogP contribution in [0.5, 0.6) is 0 Å². The van der Waals surface area contributed by atoms with Gasteiger partial charge in [0.15, 0.2) is 0 Å². The number of ether oxygens (including phenoxy) is 1. The smallest absolute Gasteiger partial charge is 0.0730 e. The Morgan fingerprint density at radius 1 is 1.38 bits per heavy atom. The van der Waals surface area contributed by atoms with Gasteiger partial charge < -0.3 is 10.1 Å². The van der Waals surface area contributed by atoms with Crippen LogP contribution in [-0.2, 0) is 4.74 Å². The van der Waals surface area contributed by atoms with Crippen LogP contribution >= 0.6 is 11.8 Å². The molecule has 4 heteroatoms. The van der Waals surface area contributed by atoms with E-state index in [1.165, 1.54) is 43.9 Å². The second-order valence-corrected chi connectivity index (χ2v) is 6.28. The van der Waals surface area contributed by atoms with Gasteiger partial charge in [0.1, 0.15) is 0 Å². The molecule has 0 amide bonds. The van der Waals surface area contributed by atoms with Crippen molar-refractivity contribution < 1.29 is 4.74 Å². The van der Waals surface area contributed by atoms with Gasteiger partial charge in [-0.25, -0.2) is 0 Å². The summed E-state index contributed by atoms with van der Waals surface area (Å²) in [6.07, 6.45) is 4.54. The van der Waals surface area contributed by atoms with Gasteiger partial charge in [0.2, 0.25) is 0 Å². The second-order valence-electron chi connectivity index (χ2n) is 5.13. The molecule has 92 valence electrons. The Kier molecular flexibility index (Phi) is 3.72. The summed E-state index contributed by atoms with van der Waals surface area (Å²) in [6.45, 7) is 4.51. The van der Waals surface area contributed by atoms with E-state index in [2.05, 4.69) is 22.0 Å². The standard InChI is InChI=1S/C12H22N2OS/c1-2-11-12(3-1)15-6-5-14(11)8-10-9-16-7-4-13-10/h10-13H,1-9H2. The molecule has 0 aromatic heterocycles. The van der Waals surface area contributed by atoms with E-state index < -0.39 is 0 Å². The normalized spacial score (nSPS) is 40.9. The number of hydrogen-bond acceptors (Lipinski definition) is 4. The zero-order valence-electron chi connectivity index (χ0n) is 9.86. The molecule has 0 spiro atoms. The van der Waals surface area contributed by atoms with E-state index in [1.807, 2.05) is 0 Å². The van der Waals surface area contributed by atoms with Gasteiger partial charge >= 0.3 is 0 Å². The average molecular weight is 242 g/mol. The second kappa shape index (κ2) is 5.25. The van der Waals surface area contributed by atoms with Crippen molar-refractivity contribution in [2.75, 3.05) is 37.7 Å². The maximum atomic E-state index is 5.85. The molecule has 0 bridgehead atoms. The molecule has 16 heavy (non-hydrogen) atoms. The first kappa shape index (κ1) is 11.3. The van der Waals surface area contributed by atoms with Gasteiger partial charge in [-0.05, 0) is 19.3 Å². The molecular weight excluding hydrogens is 220 g/mol. The number of morpholine rings is 1. The minimum absolute atomic E-state index is 0.546. The fourth-order valence-corrected chi connectivity index (χ4v) is 4.19.